The lowest BCUT2D eigenvalue weighted by Crippen LogP contribution is -2.36. The van der Waals surface area contributed by atoms with Crippen LogP contribution in [0, 0.1) is 5.41 Å². The summed E-state index contributed by atoms with van der Waals surface area (Å²) in [5.41, 5.74) is 1.79. The predicted molar refractivity (Wildman–Crippen MR) is 65.2 cm³/mol. The zero-order valence-corrected chi connectivity index (χ0v) is 10.3. The van der Waals surface area contributed by atoms with Crippen LogP contribution in [0.4, 0.5) is 0 Å². The monoisotopic (exact) mass is 245 g/mol. The molecule has 4 nitrogen and oxygen atoms in total. The zero-order chi connectivity index (χ0) is 12.8. The van der Waals surface area contributed by atoms with Gasteiger partial charge in [-0.3, -0.25) is 14.9 Å². The molecule has 0 radical (unpaired) electrons. The number of imide groups is 1. The van der Waals surface area contributed by atoms with Crippen molar-refractivity contribution in [2.45, 2.75) is 25.7 Å². The molecule has 94 valence electrons. The number of hydrogen-bond acceptors (Lipinski definition) is 3. The molecule has 2 aliphatic rings. The van der Waals surface area contributed by atoms with Crippen molar-refractivity contribution < 1.29 is 14.3 Å². The van der Waals surface area contributed by atoms with Crippen molar-refractivity contribution in [2.75, 3.05) is 7.11 Å². The van der Waals surface area contributed by atoms with E-state index >= 15 is 0 Å². The van der Waals surface area contributed by atoms with Crippen LogP contribution in [-0.2, 0) is 22.4 Å². The van der Waals surface area contributed by atoms with Gasteiger partial charge in [-0.2, -0.15) is 0 Å². The van der Waals surface area contributed by atoms with Crippen molar-refractivity contribution in [2.24, 2.45) is 5.41 Å². The first-order valence-electron chi connectivity index (χ1n) is 6.14. The van der Waals surface area contributed by atoms with E-state index in [4.69, 9.17) is 4.74 Å². The normalized spacial score (nSPS) is 26.1. The van der Waals surface area contributed by atoms with Crippen LogP contribution >= 0.6 is 0 Å². The van der Waals surface area contributed by atoms with Crippen molar-refractivity contribution in [3.63, 3.8) is 0 Å². The lowest BCUT2D eigenvalue weighted by Gasteiger charge is -2.32. The van der Waals surface area contributed by atoms with Crippen LogP contribution in [0.1, 0.15) is 24.0 Å². The molecular weight excluding hydrogens is 230 g/mol. The predicted octanol–water partition coefficient (Wildman–Crippen LogP) is 1.22. The number of ether oxygens (including phenoxy) is 1. The highest BCUT2D eigenvalue weighted by Gasteiger charge is 2.48. The summed E-state index contributed by atoms with van der Waals surface area (Å²) < 4.78 is 5.34. The molecule has 2 amide bonds. The number of rotatable bonds is 1. The van der Waals surface area contributed by atoms with E-state index in [1.807, 2.05) is 18.2 Å². The molecule has 1 N–H and O–H groups in total. The van der Waals surface area contributed by atoms with Crippen LogP contribution in [0.3, 0.4) is 0 Å². The summed E-state index contributed by atoms with van der Waals surface area (Å²) in [5.74, 6) is 0.624. The van der Waals surface area contributed by atoms with E-state index in [9.17, 15) is 9.59 Å². The van der Waals surface area contributed by atoms with Gasteiger partial charge in [0.05, 0.1) is 12.5 Å². The largest absolute Gasteiger partial charge is 0.496 e. The molecule has 0 aromatic heterocycles. The van der Waals surface area contributed by atoms with Gasteiger partial charge in [-0.05, 0) is 36.5 Å². The van der Waals surface area contributed by atoms with Gasteiger partial charge in [0.15, 0.2) is 0 Å². The first-order valence-corrected chi connectivity index (χ1v) is 6.14. The topological polar surface area (TPSA) is 55.4 Å². The van der Waals surface area contributed by atoms with Gasteiger partial charge < -0.3 is 4.74 Å². The van der Waals surface area contributed by atoms with Gasteiger partial charge >= 0.3 is 0 Å². The molecule has 1 spiro atoms. The zero-order valence-electron chi connectivity index (χ0n) is 10.3. The smallest absolute Gasteiger partial charge is 0.233 e. The van der Waals surface area contributed by atoms with Crippen LogP contribution in [0.2, 0.25) is 0 Å². The molecule has 1 unspecified atom stereocenters. The third kappa shape index (κ3) is 1.52. The van der Waals surface area contributed by atoms with E-state index in [0.717, 1.165) is 24.2 Å². The molecule has 0 saturated carbocycles. The number of nitrogens with one attached hydrogen (secondary N) is 1. The molecule has 1 aliphatic heterocycles. The van der Waals surface area contributed by atoms with Gasteiger partial charge in [-0.25, -0.2) is 0 Å². The highest BCUT2D eigenvalue weighted by molar-refractivity contribution is 6.06. The van der Waals surface area contributed by atoms with Gasteiger partial charge in [-0.1, -0.05) is 12.1 Å². The second-order valence-electron chi connectivity index (χ2n) is 5.11. The van der Waals surface area contributed by atoms with E-state index < -0.39 is 5.41 Å². The quantitative estimate of drug-likeness (QED) is 0.757. The van der Waals surface area contributed by atoms with Gasteiger partial charge in [-0.15, -0.1) is 0 Å². The number of fused-ring (bicyclic) bond motifs is 1. The number of amides is 2. The van der Waals surface area contributed by atoms with E-state index in [0.29, 0.717) is 12.8 Å². The van der Waals surface area contributed by atoms with Crippen molar-refractivity contribution in [3.05, 3.63) is 29.3 Å². The molecule has 18 heavy (non-hydrogen) atoms. The maximum atomic E-state index is 12.0. The van der Waals surface area contributed by atoms with Gasteiger partial charge in [0.25, 0.3) is 0 Å². The fourth-order valence-corrected chi connectivity index (χ4v) is 3.10. The minimum atomic E-state index is -0.517. The van der Waals surface area contributed by atoms with E-state index in [2.05, 4.69) is 5.32 Å². The molecule has 1 aliphatic carbocycles. The number of hydrogen-bond donors (Lipinski definition) is 1. The van der Waals surface area contributed by atoms with Gasteiger partial charge in [0.2, 0.25) is 11.8 Å². The maximum Gasteiger partial charge on any atom is 0.233 e. The summed E-state index contributed by atoms with van der Waals surface area (Å²) in [6, 6.07) is 5.90. The molecule has 1 heterocycles. The fourth-order valence-electron chi connectivity index (χ4n) is 3.10. The van der Waals surface area contributed by atoms with Crippen LogP contribution < -0.4 is 10.1 Å². The standard InChI is InChI=1S/C14H15NO3/c1-18-11-4-2-3-9-7-14(6-5-10(9)11)8-12(16)15-13(14)17/h2-4H,5-8H2,1H3,(H,15,16,17). The summed E-state index contributed by atoms with van der Waals surface area (Å²) in [7, 11) is 1.66. The Morgan fingerprint density at radius 3 is 2.78 bits per heavy atom. The van der Waals surface area contributed by atoms with Crippen LogP contribution in [0.25, 0.3) is 0 Å². The first-order chi connectivity index (χ1) is 8.64. The van der Waals surface area contributed by atoms with Gasteiger partial charge in [0, 0.05) is 6.42 Å². The Morgan fingerprint density at radius 1 is 1.28 bits per heavy atom. The fraction of sp³-hybridized carbons (Fsp3) is 0.429. The molecule has 1 aromatic carbocycles. The minimum Gasteiger partial charge on any atom is -0.496 e. The summed E-state index contributed by atoms with van der Waals surface area (Å²) >= 11 is 0. The highest BCUT2D eigenvalue weighted by atomic mass is 16.5. The third-order valence-electron chi connectivity index (χ3n) is 4.07. The molecule has 1 aromatic rings. The number of carbonyl (C=O) groups is 2. The third-order valence-corrected chi connectivity index (χ3v) is 4.07. The Kier molecular flexibility index (Phi) is 2.40. The summed E-state index contributed by atoms with van der Waals surface area (Å²) in [6.45, 7) is 0. The molecule has 4 heteroatoms. The molecule has 1 saturated heterocycles. The Labute approximate surface area is 105 Å². The van der Waals surface area contributed by atoms with Crippen molar-refractivity contribution >= 4 is 11.8 Å². The van der Waals surface area contributed by atoms with E-state index in [-0.39, 0.29) is 11.8 Å². The minimum absolute atomic E-state index is 0.110. The molecule has 1 atom stereocenters. The van der Waals surface area contributed by atoms with Crippen LogP contribution in [0.15, 0.2) is 18.2 Å². The Morgan fingerprint density at radius 2 is 2.11 bits per heavy atom. The average Bonchev–Trinajstić information content (AvgIpc) is 2.62. The number of methoxy groups -OCH3 is 1. The van der Waals surface area contributed by atoms with Crippen molar-refractivity contribution in [1.29, 1.82) is 0 Å². The molecule has 0 bridgehead atoms. The Balaban J connectivity index is 1.99. The SMILES string of the molecule is COc1cccc2c1CCC1(CC(=O)NC1=O)C2. The van der Waals surface area contributed by atoms with Crippen LogP contribution in [-0.4, -0.2) is 18.9 Å². The average molecular weight is 245 g/mol. The maximum absolute atomic E-state index is 12.0. The van der Waals surface area contributed by atoms with E-state index in [1.165, 1.54) is 5.56 Å². The Hall–Kier alpha value is -1.84. The summed E-state index contributed by atoms with van der Waals surface area (Å²) in [6.07, 6.45) is 2.47. The summed E-state index contributed by atoms with van der Waals surface area (Å²) in [4.78, 5) is 23.4. The Bertz CT molecular complexity index is 538. The van der Waals surface area contributed by atoms with Crippen molar-refractivity contribution in [1.82, 2.24) is 5.32 Å². The van der Waals surface area contributed by atoms with Gasteiger partial charge in [0.1, 0.15) is 5.75 Å². The van der Waals surface area contributed by atoms with Crippen molar-refractivity contribution in [3.8, 4) is 5.75 Å². The molecular formula is C14H15NO3. The lowest BCUT2D eigenvalue weighted by atomic mass is 9.70. The second-order valence-corrected chi connectivity index (χ2v) is 5.11. The second kappa shape index (κ2) is 3.83. The van der Waals surface area contributed by atoms with E-state index in [1.54, 1.807) is 7.11 Å². The summed E-state index contributed by atoms with van der Waals surface area (Å²) in [5, 5.41) is 2.43. The number of benzene rings is 1. The molecule has 3 rings (SSSR count). The number of carbonyl (C=O) groups excluding carboxylic acids is 2. The van der Waals surface area contributed by atoms with Crippen LogP contribution in [0.5, 0.6) is 5.75 Å². The highest BCUT2D eigenvalue weighted by Crippen LogP contribution is 2.43. The molecule has 1 fully saturated rings. The lowest BCUT2D eigenvalue weighted by molar-refractivity contribution is -0.129. The first kappa shape index (κ1) is 11.3.